The van der Waals surface area contributed by atoms with Crippen molar-refractivity contribution in [1.82, 2.24) is 4.57 Å². The molecule has 4 aromatic rings. The highest BCUT2D eigenvalue weighted by Gasteiger charge is 2.21. The number of benzene rings is 3. The molecule has 3 aromatic carbocycles. The summed E-state index contributed by atoms with van der Waals surface area (Å²) in [7, 11) is 0. The number of ether oxygens (including phenoxy) is 1. The van der Waals surface area contributed by atoms with Crippen molar-refractivity contribution in [3.8, 4) is 16.9 Å². The third kappa shape index (κ3) is 4.79. The van der Waals surface area contributed by atoms with Crippen LogP contribution in [-0.2, 0) is 11.2 Å². The van der Waals surface area contributed by atoms with Gasteiger partial charge in [-0.05, 0) is 67.8 Å². The van der Waals surface area contributed by atoms with Crippen molar-refractivity contribution in [2.75, 3.05) is 11.9 Å². The van der Waals surface area contributed by atoms with Gasteiger partial charge in [-0.3, -0.25) is 4.79 Å². The molecule has 0 aliphatic carbocycles. The maximum Gasteiger partial charge on any atom is 0.339 e. The quantitative estimate of drug-likeness (QED) is 0.328. The zero-order valence-corrected chi connectivity index (χ0v) is 19.7. The van der Waals surface area contributed by atoms with Crippen LogP contribution in [0.5, 0.6) is 0 Å². The summed E-state index contributed by atoms with van der Waals surface area (Å²) in [4.78, 5) is 25.6. The minimum absolute atomic E-state index is 0.192. The Kier molecular flexibility index (Phi) is 6.93. The summed E-state index contributed by atoms with van der Waals surface area (Å²) >= 11 is 0. The van der Waals surface area contributed by atoms with E-state index >= 15 is 0 Å². The first-order valence-electron chi connectivity index (χ1n) is 11.5. The van der Waals surface area contributed by atoms with E-state index in [-0.39, 0.29) is 11.9 Å². The molecule has 0 saturated heterocycles. The van der Waals surface area contributed by atoms with E-state index in [0.717, 1.165) is 34.7 Å². The highest BCUT2D eigenvalue weighted by molar-refractivity contribution is 6.04. The van der Waals surface area contributed by atoms with Crippen molar-refractivity contribution in [2.45, 2.75) is 27.2 Å². The van der Waals surface area contributed by atoms with Crippen LogP contribution in [-0.4, -0.2) is 23.1 Å². The van der Waals surface area contributed by atoms with Crippen molar-refractivity contribution in [3.63, 3.8) is 0 Å². The monoisotopic (exact) mass is 452 g/mol. The maximum absolute atomic E-state index is 13.0. The number of aryl methyl sites for hydroxylation is 1. The molecule has 0 aliphatic heterocycles. The van der Waals surface area contributed by atoms with E-state index in [2.05, 4.69) is 12.2 Å². The minimum Gasteiger partial charge on any atom is -0.462 e. The lowest BCUT2D eigenvalue weighted by molar-refractivity contribution is 0.0525. The molecule has 0 atom stereocenters. The number of amides is 1. The van der Waals surface area contributed by atoms with Crippen LogP contribution in [0.2, 0.25) is 0 Å². The molecular weight excluding hydrogens is 424 g/mol. The number of carbonyl (C=O) groups excluding carboxylic acids is 2. The first-order chi connectivity index (χ1) is 16.5. The molecular formula is C29H28N2O3. The Morgan fingerprint density at radius 1 is 0.882 bits per heavy atom. The van der Waals surface area contributed by atoms with E-state index in [1.54, 1.807) is 13.0 Å². The van der Waals surface area contributed by atoms with Gasteiger partial charge in [-0.25, -0.2) is 4.79 Å². The molecule has 0 radical (unpaired) electrons. The summed E-state index contributed by atoms with van der Waals surface area (Å²) in [6, 6.07) is 27.0. The van der Waals surface area contributed by atoms with Crippen molar-refractivity contribution in [1.29, 1.82) is 0 Å². The molecule has 1 aromatic heterocycles. The van der Waals surface area contributed by atoms with Gasteiger partial charge in [0, 0.05) is 22.6 Å². The second-order valence-electron chi connectivity index (χ2n) is 8.01. The normalized spacial score (nSPS) is 10.7. The molecule has 0 fully saturated rings. The van der Waals surface area contributed by atoms with Gasteiger partial charge in [0.2, 0.25) is 0 Å². The first-order valence-corrected chi connectivity index (χ1v) is 11.5. The second kappa shape index (κ2) is 10.2. The molecule has 172 valence electrons. The molecule has 0 unspecified atom stereocenters. The number of nitrogens with one attached hydrogen (secondary N) is 1. The van der Waals surface area contributed by atoms with Crippen LogP contribution in [0.4, 0.5) is 5.69 Å². The number of hydrogen-bond donors (Lipinski definition) is 1. The second-order valence-corrected chi connectivity index (χ2v) is 8.01. The minimum atomic E-state index is -0.361. The first kappa shape index (κ1) is 23.1. The van der Waals surface area contributed by atoms with Gasteiger partial charge in [0.15, 0.2) is 0 Å². The molecule has 5 heteroatoms. The summed E-state index contributed by atoms with van der Waals surface area (Å²) in [5.41, 5.74) is 6.37. The third-order valence-corrected chi connectivity index (χ3v) is 5.80. The molecule has 1 N–H and O–H groups in total. The van der Waals surface area contributed by atoms with Crippen molar-refractivity contribution in [2.24, 2.45) is 0 Å². The van der Waals surface area contributed by atoms with Gasteiger partial charge in [-0.15, -0.1) is 0 Å². The molecule has 0 bridgehead atoms. The van der Waals surface area contributed by atoms with E-state index in [1.807, 2.05) is 90.4 Å². The number of hydrogen-bond acceptors (Lipinski definition) is 3. The van der Waals surface area contributed by atoms with Crippen molar-refractivity contribution in [3.05, 3.63) is 107 Å². The lowest BCUT2D eigenvalue weighted by Gasteiger charge is -2.14. The Labute approximate surface area is 200 Å². The van der Waals surface area contributed by atoms with E-state index < -0.39 is 0 Å². The molecule has 0 spiro atoms. The van der Waals surface area contributed by atoms with Crippen molar-refractivity contribution >= 4 is 17.6 Å². The van der Waals surface area contributed by atoms with Crippen LogP contribution in [0.25, 0.3) is 16.9 Å². The van der Waals surface area contributed by atoms with E-state index in [4.69, 9.17) is 4.74 Å². The van der Waals surface area contributed by atoms with Gasteiger partial charge in [-0.1, -0.05) is 55.5 Å². The number of carbonyl (C=O) groups is 2. The molecule has 1 amide bonds. The molecule has 0 aliphatic rings. The smallest absolute Gasteiger partial charge is 0.339 e. The van der Waals surface area contributed by atoms with Crippen molar-refractivity contribution < 1.29 is 14.3 Å². The largest absolute Gasteiger partial charge is 0.462 e. The number of rotatable bonds is 7. The fourth-order valence-electron chi connectivity index (χ4n) is 3.99. The molecule has 34 heavy (non-hydrogen) atoms. The van der Waals surface area contributed by atoms with Gasteiger partial charge in [0.05, 0.1) is 17.9 Å². The predicted molar refractivity (Wildman–Crippen MR) is 136 cm³/mol. The number of esters is 1. The number of aromatic nitrogens is 1. The van der Waals surface area contributed by atoms with Crippen LogP contribution in [0.1, 0.15) is 45.8 Å². The predicted octanol–water partition coefficient (Wildman–Crippen LogP) is 6.44. The summed E-state index contributed by atoms with van der Waals surface area (Å²) in [5.74, 6) is -0.553. The lowest BCUT2D eigenvalue weighted by atomic mass is 10.1. The van der Waals surface area contributed by atoms with E-state index in [9.17, 15) is 9.59 Å². The topological polar surface area (TPSA) is 60.3 Å². The van der Waals surface area contributed by atoms with E-state index in [0.29, 0.717) is 17.7 Å². The summed E-state index contributed by atoms with van der Waals surface area (Å²) in [5, 5.41) is 2.97. The number of anilines is 1. The van der Waals surface area contributed by atoms with Crippen LogP contribution in [0.15, 0.2) is 84.9 Å². The standard InChI is InChI=1S/C29H28N2O3/c1-4-21-14-16-24(17-15-21)30-28(32)23-12-9-13-25(18-23)31-20(3)26(29(33)34-5-2)19-27(31)22-10-7-6-8-11-22/h6-19H,4-5H2,1-3H3,(H,30,32). The van der Waals surface area contributed by atoms with Gasteiger partial charge < -0.3 is 14.6 Å². The molecule has 0 saturated carbocycles. The molecule has 1 heterocycles. The van der Waals surface area contributed by atoms with Gasteiger partial charge in [-0.2, -0.15) is 0 Å². The zero-order valence-electron chi connectivity index (χ0n) is 19.7. The third-order valence-electron chi connectivity index (χ3n) is 5.80. The fraction of sp³-hybridized carbons (Fsp3) is 0.172. The van der Waals surface area contributed by atoms with Crippen LogP contribution in [0.3, 0.4) is 0 Å². The fourth-order valence-corrected chi connectivity index (χ4v) is 3.99. The number of nitrogens with zero attached hydrogens (tertiary/aromatic N) is 1. The summed E-state index contributed by atoms with van der Waals surface area (Å²) < 4.78 is 7.27. The Balaban J connectivity index is 1.73. The van der Waals surface area contributed by atoms with Crippen LogP contribution >= 0.6 is 0 Å². The summed E-state index contributed by atoms with van der Waals surface area (Å²) in [6.07, 6.45) is 0.948. The molecule has 4 rings (SSSR count). The Hall–Kier alpha value is -4.12. The molecule has 5 nitrogen and oxygen atoms in total. The van der Waals surface area contributed by atoms with Gasteiger partial charge >= 0.3 is 5.97 Å². The summed E-state index contributed by atoms with van der Waals surface area (Å²) in [6.45, 7) is 6.08. The average Bonchev–Trinajstić information content (AvgIpc) is 3.22. The highest BCUT2D eigenvalue weighted by Crippen LogP contribution is 2.30. The Morgan fingerprint density at radius 2 is 1.62 bits per heavy atom. The SMILES string of the molecule is CCOC(=O)c1cc(-c2ccccc2)n(-c2cccc(C(=O)Nc3ccc(CC)cc3)c2)c1C. The van der Waals surface area contributed by atoms with E-state index in [1.165, 1.54) is 5.56 Å². The van der Waals surface area contributed by atoms with Gasteiger partial charge in [0.1, 0.15) is 0 Å². The lowest BCUT2D eigenvalue weighted by Crippen LogP contribution is -2.13. The zero-order chi connectivity index (χ0) is 24.1. The van der Waals surface area contributed by atoms with Gasteiger partial charge in [0.25, 0.3) is 5.91 Å². The van der Waals surface area contributed by atoms with Crippen LogP contribution in [0, 0.1) is 6.92 Å². The highest BCUT2D eigenvalue weighted by atomic mass is 16.5. The maximum atomic E-state index is 13.0. The Bertz CT molecular complexity index is 1310. The average molecular weight is 453 g/mol. The van der Waals surface area contributed by atoms with Crippen LogP contribution < -0.4 is 5.32 Å². The Morgan fingerprint density at radius 3 is 2.29 bits per heavy atom.